The quantitative estimate of drug-likeness (QED) is 0.360. The molecule has 1 amide bonds. The highest BCUT2D eigenvalue weighted by Gasteiger charge is 2.17. The molecule has 10 nitrogen and oxygen atoms in total. The molecule has 5 aromatic rings. The van der Waals surface area contributed by atoms with E-state index < -0.39 is 11.5 Å². The number of ether oxygens (including phenoxy) is 2. The minimum absolute atomic E-state index is 0.0274. The zero-order chi connectivity index (χ0) is 24.4. The molecule has 3 heterocycles. The zero-order valence-corrected chi connectivity index (χ0v) is 19.6. The molecule has 2 N–H and O–H groups in total. The second-order valence-corrected chi connectivity index (χ2v) is 8.34. The molecule has 0 saturated carbocycles. The van der Waals surface area contributed by atoms with Crippen LogP contribution in [0, 0.1) is 0 Å². The highest BCUT2D eigenvalue weighted by atomic mass is 32.1. The summed E-state index contributed by atoms with van der Waals surface area (Å²) in [7, 11) is 3.20. The maximum absolute atomic E-state index is 12.9. The molecule has 0 aliphatic rings. The lowest BCUT2D eigenvalue weighted by Crippen LogP contribution is -2.21. The fraction of sp³-hybridized carbons (Fsp3) is 0.125. The summed E-state index contributed by atoms with van der Waals surface area (Å²) in [5.74, 6) is 1.32. The molecule has 0 bridgehead atoms. The van der Waals surface area contributed by atoms with Gasteiger partial charge >= 0.3 is 0 Å². The van der Waals surface area contributed by atoms with Crippen molar-refractivity contribution in [3.63, 3.8) is 0 Å². The van der Waals surface area contributed by atoms with Gasteiger partial charge in [-0.2, -0.15) is 4.98 Å². The van der Waals surface area contributed by atoms with Gasteiger partial charge in [0.25, 0.3) is 17.4 Å². The van der Waals surface area contributed by atoms with Gasteiger partial charge in [-0.3, -0.25) is 14.9 Å². The lowest BCUT2D eigenvalue weighted by molar-refractivity contribution is 0.102. The number of methoxy groups -OCH3 is 2. The van der Waals surface area contributed by atoms with E-state index in [0.29, 0.717) is 23.0 Å². The Hall–Kier alpha value is -4.51. The first-order valence-electron chi connectivity index (χ1n) is 10.6. The van der Waals surface area contributed by atoms with E-state index in [0.717, 1.165) is 28.6 Å². The number of rotatable bonds is 7. The van der Waals surface area contributed by atoms with Crippen molar-refractivity contribution in [2.24, 2.45) is 0 Å². The number of carbonyl (C=O) groups excluding carboxylic acids is 1. The molecular weight excluding hydrogens is 468 g/mol. The number of aromatic nitrogens is 5. The monoisotopic (exact) mass is 488 g/mol. The number of nitrogens with zero attached hydrogens (tertiary/aromatic N) is 4. The van der Waals surface area contributed by atoms with E-state index in [1.807, 2.05) is 53.9 Å². The van der Waals surface area contributed by atoms with Crippen molar-refractivity contribution in [2.45, 2.75) is 6.42 Å². The third kappa shape index (κ3) is 4.62. The van der Waals surface area contributed by atoms with Crippen LogP contribution < -0.4 is 20.3 Å². The van der Waals surface area contributed by atoms with Gasteiger partial charge in [0.05, 0.1) is 19.9 Å². The van der Waals surface area contributed by atoms with E-state index in [1.165, 1.54) is 11.3 Å². The largest absolute Gasteiger partial charge is 0.497 e. The Labute approximate surface area is 203 Å². The number of hydrogen-bond donors (Lipinski definition) is 2. The minimum atomic E-state index is -0.579. The van der Waals surface area contributed by atoms with E-state index in [-0.39, 0.29) is 11.6 Å². The van der Waals surface area contributed by atoms with Crippen molar-refractivity contribution in [3.8, 4) is 22.8 Å². The number of nitrogens with one attached hydrogen (secondary N) is 2. The minimum Gasteiger partial charge on any atom is -0.497 e. The molecule has 35 heavy (non-hydrogen) atoms. The Kier molecular flexibility index (Phi) is 5.98. The van der Waals surface area contributed by atoms with Crippen molar-refractivity contribution in [1.82, 2.24) is 24.6 Å². The second kappa shape index (κ2) is 9.39. The molecule has 11 heteroatoms. The van der Waals surface area contributed by atoms with Crippen LogP contribution in [0.25, 0.3) is 16.2 Å². The summed E-state index contributed by atoms with van der Waals surface area (Å²) in [5.41, 5.74) is 2.09. The summed E-state index contributed by atoms with van der Waals surface area (Å²) in [6.45, 7) is 0. The Morgan fingerprint density at radius 2 is 1.89 bits per heavy atom. The fourth-order valence-electron chi connectivity index (χ4n) is 3.59. The summed E-state index contributed by atoms with van der Waals surface area (Å²) in [4.78, 5) is 37.0. The van der Waals surface area contributed by atoms with Crippen LogP contribution in [0.4, 0.5) is 5.95 Å². The van der Waals surface area contributed by atoms with Crippen molar-refractivity contribution in [1.29, 1.82) is 0 Å². The number of aromatic amines is 1. The molecule has 2 aromatic carbocycles. The van der Waals surface area contributed by atoms with Crippen molar-refractivity contribution >= 4 is 28.2 Å². The van der Waals surface area contributed by atoms with E-state index in [1.54, 1.807) is 18.7 Å². The highest BCUT2D eigenvalue weighted by molar-refractivity contribution is 7.15. The van der Waals surface area contributed by atoms with Gasteiger partial charge in [-0.15, -0.1) is 16.4 Å². The van der Waals surface area contributed by atoms with E-state index in [9.17, 15) is 9.59 Å². The zero-order valence-electron chi connectivity index (χ0n) is 18.8. The highest BCUT2D eigenvalue weighted by Crippen LogP contribution is 2.32. The predicted octanol–water partition coefficient (Wildman–Crippen LogP) is 3.40. The van der Waals surface area contributed by atoms with Crippen LogP contribution in [0.15, 0.2) is 64.8 Å². The summed E-state index contributed by atoms with van der Waals surface area (Å²) < 4.78 is 12.2. The normalized spacial score (nSPS) is 10.9. The molecular formula is C24H20N6O4S. The predicted molar refractivity (Wildman–Crippen MR) is 131 cm³/mol. The molecule has 0 aliphatic heterocycles. The first-order valence-corrected chi connectivity index (χ1v) is 11.4. The first kappa shape index (κ1) is 22.3. The Morgan fingerprint density at radius 1 is 1.09 bits per heavy atom. The number of para-hydroxylation sites is 1. The summed E-state index contributed by atoms with van der Waals surface area (Å²) in [6.07, 6.45) is 0.348. The number of benzene rings is 2. The number of thiazole rings is 1. The molecule has 0 radical (unpaired) electrons. The Balaban J connectivity index is 1.38. The average molecular weight is 489 g/mol. The maximum Gasteiger partial charge on any atom is 0.276 e. The number of carbonyl (C=O) groups is 1. The first-order chi connectivity index (χ1) is 17.0. The second-order valence-electron chi connectivity index (χ2n) is 7.51. The summed E-state index contributed by atoms with van der Waals surface area (Å²) in [5, 5.41) is 8.98. The third-order valence-corrected chi connectivity index (χ3v) is 6.06. The van der Waals surface area contributed by atoms with Crippen LogP contribution in [0.1, 0.15) is 21.9 Å². The molecule has 0 saturated heterocycles. The molecule has 0 aliphatic carbocycles. The number of amides is 1. The summed E-state index contributed by atoms with van der Waals surface area (Å²) in [6, 6.07) is 16.1. The maximum atomic E-state index is 12.9. The lowest BCUT2D eigenvalue weighted by atomic mass is 10.1. The smallest absolute Gasteiger partial charge is 0.276 e. The molecule has 0 spiro atoms. The van der Waals surface area contributed by atoms with Gasteiger partial charge in [-0.1, -0.05) is 24.3 Å². The van der Waals surface area contributed by atoms with Gasteiger partial charge in [-0.25, -0.2) is 9.50 Å². The Bertz CT molecular complexity index is 1570. The SMILES string of the molecule is COc1ccc(Cc2nc(C(=O)Nc3nc4scc(-c5ccccc5OC)n4n3)cc(=O)[nH]2)cc1. The van der Waals surface area contributed by atoms with Crippen LogP contribution in [-0.2, 0) is 6.42 Å². The lowest BCUT2D eigenvalue weighted by Gasteiger charge is -2.06. The molecule has 3 aromatic heterocycles. The third-order valence-electron chi connectivity index (χ3n) is 5.24. The number of H-pyrrole nitrogens is 1. The van der Waals surface area contributed by atoms with Gasteiger partial charge in [0.2, 0.25) is 4.96 Å². The topological polar surface area (TPSA) is 124 Å². The van der Waals surface area contributed by atoms with Crippen LogP contribution in [-0.4, -0.2) is 44.7 Å². The Morgan fingerprint density at radius 3 is 2.66 bits per heavy atom. The summed E-state index contributed by atoms with van der Waals surface area (Å²) >= 11 is 1.38. The van der Waals surface area contributed by atoms with Crippen LogP contribution in [0.5, 0.6) is 11.5 Å². The van der Waals surface area contributed by atoms with Gasteiger partial charge < -0.3 is 14.5 Å². The molecule has 0 fully saturated rings. The van der Waals surface area contributed by atoms with Crippen molar-refractivity contribution < 1.29 is 14.3 Å². The molecule has 0 unspecified atom stereocenters. The van der Waals surface area contributed by atoms with E-state index in [4.69, 9.17) is 9.47 Å². The van der Waals surface area contributed by atoms with E-state index in [2.05, 4.69) is 25.4 Å². The fourth-order valence-corrected chi connectivity index (χ4v) is 4.41. The molecule has 0 atom stereocenters. The van der Waals surface area contributed by atoms with Crippen LogP contribution in [0.2, 0.25) is 0 Å². The van der Waals surface area contributed by atoms with Crippen molar-refractivity contribution in [3.05, 3.63) is 87.4 Å². The van der Waals surface area contributed by atoms with Gasteiger partial charge in [0.15, 0.2) is 0 Å². The average Bonchev–Trinajstić information content (AvgIpc) is 3.44. The number of anilines is 1. The number of hydrogen-bond acceptors (Lipinski definition) is 8. The number of fused-ring (bicyclic) bond motifs is 1. The van der Waals surface area contributed by atoms with Gasteiger partial charge in [-0.05, 0) is 29.8 Å². The van der Waals surface area contributed by atoms with Gasteiger partial charge in [0.1, 0.15) is 23.0 Å². The van der Waals surface area contributed by atoms with Crippen LogP contribution in [0.3, 0.4) is 0 Å². The van der Waals surface area contributed by atoms with Crippen molar-refractivity contribution in [2.75, 3.05) is 19.5 Å². The van der Waals surface area contributed by atoms with Gasteiger partial charge in [0, 0.05) is 23.4 Å². The standard InChI is InChI=1S/C24H20N6O4S/c1-33-15-9-7-14(8-10-15)11-20-25-17(12-21(31)26-20)22(32)27-23-28-24-30(29-23)18(13-35-24)16-5-3-4-6-19(16)34-2/h3-10,12-13H,11H2,1-2H3,(H,25,26,31)(H,27,29,32). The molecule has 5 rings (SSSR count). The van der Waals surface area contributed by atoms with Crippen LogP contribution >= 0.6 is 11.3 Å². The molecule has 176 valence electrons. The van der Waals surface area contributed by atoms with E-state index >= 15 is 0 Å².